The molecule has 1 aliphatic heterocycles. The van der Waals surface area contributed by atoms with E-state index in [2.05, 4.69) is 10.3 Å². The van der Waals surface area contributed by atoms with Gasteiger partial charge in [-0.15, -0.1) is 0 Å². The summed E-state index contributed by atoms with van der Waals surface area (Å²) in [5.74, 6) is -0.918. The van der Waals surface area contributed by atoms with Crippen LogP contribution in [0.3, 0.4) is 0 Å². The Hall–Kier alpha value is -2.23. The van der Waals surface area contributed by atoms with E-state index in [0.29, 0.717) is 6.42 Å². The van der Waals surface area contributed by atoms with Crippen molar-refractivity contribution in [3.8, 4) is 0 Å². The molecule has 0 spiro atoms. The zero-order valence-corrected chi connectivity index (χ0v) is 11.1. The van der Waals surface area contributed by atoms with Gasteiger partial charge in [-0.25, -0.2) is 13.4 Å². The van der Waals surface area contributed by atoms with Gasteiger partial charge in [-0.2, -0.15) is 0 Å². The second-order valence-corrected chi connectivity index (χ2v) is 6.69. The van der Waals surface area contributed by atoms with Gasteiger partial charge in [-0.1, -0.05) is 0 Å². The molecule has 2 rings (SSSR count). The van der Waals surface area contributed by atoms with Gasteiger partial charge in [0.25, 0.3) is 11.6 Å². The maximum atomic E-state index is 12.0. The lowest BCUT2D eigenvalue weighted by molar-refractivity contribution is -0.385. The Morgan fingerprint density at radius 3 is 2.80 bits per heavy atom. The monoisotopic (exact) mass is 300 g/mol. The highest BCUT2D eigenvalue weighted by Gasteiger charge is 2.31. The van der Waals surface area contributed by atoms with Crippen molar-refractivity contribution in [1.29, 1.82) is 0 Å². The summed E-state index contributed by atoms with van der Waals surface area (Å²) >= 11 is 0. The lowest BCUT2D eigenvalue weighted by atomic mass is 10.2. The standard InChI is InChI=1S/C10H12N4O5S/c11-9-3-7(8(4-12-9)14(16)17)10(15)13-6-1-2-20(18,19)5-6/h3-4,6H,1-2,5H2,(H2,11,12)(H,13,15). The molecular formula is C10H12N4O5S. The second kappa shape index (κ2) is 5.04. The zero-order chi connectivity index (χ0) is 14.9. The maximum Gasteiger partial charge on any atom is 0.300 e. The molecule has 0 saturated carbocycles. The number of pyridine rings is 1. The molecule has 3 N–H and O–H groups in total. The lowest BCUT2D eigenvalue weighted by Crippen LogP contribution is -2.36. The lowest BCUT2D eigenvalue weighted by Gasteiger charge is -2.11. The van der Waals surface area contributed by atoms with Crippen LogP contribution in [0.15, 0.2) is 12.3 Å². The summed E-state index contributed by atoms with van der Waals surface area (Å²) in [6.45, 7) is 0. The van der Waals surface area contributed by atoms with Crippen LogP contribution in [-0.2, 0) is 9.84 Å². The van der Waals surface area contributed by atoms with Crippen LogP contribution in [0.2, 0.25) is 0 Å². The van der Waals surface area contributed by atoms with Gasteiger partial charge in [0, 0.05) is 6.04 Å². The quantitative estimate of drug-likeness (QED) is 0.564. The van der Waals surface area contributed by atoms with Crippen LogP contribution < -0.4 is 11.1 Å². The Bertz CT molecular complexity index is 672. The number of nitrogens with zero attached hydrogens (tertiary/aromatic N) is 2. The van der Waals surface area contributed by atoms with Gasteiger partial charge in [0.2, 0.25) is 0 Å². The molecular weight excluding hydrogens is 288 g/mol. The molecule has 1 aliphatic rings. The van der Waals surface area contributed by atoms with Crippen LogP contribution in [0.1, 0.15) is 16.8 Å². The summed E-state index contributed by atoms with van der Waals surface area (Å²) in [5, 5.41) is 13.3. The Balaban J connectivity index is 2.21. The molecule has 1 saturated heterocycles. The van der Waals surface area contributed by atoms with Gasteiger partial charge < -0.3 is 11.1 Å². The van der Waals surface area contributed by atoms with Crippen LogP contribution in [0.25, 0.3) is 0 Å². The van der Waals surface area contributed by atoms with Gasteiger partial charge in [-0.05, 0) is 12.5 Å². The summed E-state index contributed by atoms with van der Waals surface area (Å²) in [6, 6.07) is 0.554. The first-order valence-corrected chi connectivity index (χ1v) is 7.52. The minimum Gasteiger partial charge on any atom is -0.384 e. The molecule has 0 aromatic carbocycles. The number of carbonyl (C=O) groups is 1. The van der Waals surface area contributed by atoms with Crippen molar-refractivity contribution in [2.75, 3.05) is 17.2 Å². The molecule has 1 aromatic rings. The van der Waals surface area contributed by atoms with E-state index in [9.17, 15) is 23.3 Å². The number of nitrogens with two attached hydrogens (primary N) is 1. The number of hydrogen-bond donors (Lipinski definition) is 2. The Morgan fingerprint density at radius 1 is 1.55 bits per heavy atom. The van der Waals surface area contributed by atoms with E-state index < -0.39 is 32.4 Å². The minimum atomic E-state index is -3.14. The first-order valence-electron chi connectivity index (χ1n) is 5.70. The fourth-order valence-corrected chi connectivity index (χ4v) is 3.64. The number of nitro groups is 1. The fraction of sp³-hybridized carbons (Fsp3) is 0.400. The summed E-state index contributed by atoms with van der Waals surface area (Å²) in [6.07, 6.45) is 1.19. The van der Waals surface area contributed by atoms with Gasteiger partial charge in [-0.3, -0.25) is 14.9 Å². The molecule has 20 heavy (non-hydrogen) atoms. The normalized spacial score (nSPS) is 20.5. The Labute approximate surface area is 114 Å². The molecule has 10 heteroatoms. The van der Waals surface area contributed by atoms with Crippen molar-refractivity contribution in [1.82, 2.24) is 10.3 Å². The molecule has 9 nitrogen and oxygen atoms in total. The SMILES string of the molecule is Nc1cc(C(=O)NC2CCS(=O)(=O)C2)c([N+](=O)[O-])cn1. The number of sulfone groups is 1. The molecule has 0 aliphatic carbocycles. The van der Waals surface area contributed by atoms with Crippen LogP contribution in [-0.4, -0.2) is 41.8 Å². The zero-order valence-electron chi connectivity index (χ0n) is 10.3. The van der Waals surface area contributed by atoms with Crippen LogP contribution in [0.4, 0.5) is 11.5 Å². The van der Waals surface area contributed by atoms with E-state index >= 15 is 0 Å². The molecule has 0 bridgehead atoms. The second-order valence-electron chi connectivity index (χ2n) is 4.46. The summed E-state index contributed by atoms with van der Waals surface area (Å²) in [4.78, 5) is 25.6. The number of nitrogen functional groups attached to an aromatic ring is 1. The highest BCUT2D eigenvalue weighted by Crippen LogP contribution is 2.20. The number of aromatic nitrogens is 1. The number of nitrogens with one attached hydrogen (secondary N) is 1. The van der Waals surface area contributed by atoms with Gasteiger partial charge in [0.15, 0.2) is 9.84 Å². The highest BCUT2D eigenvalue weighted by atomic mass is 32.2. The predicted molar refractivity (Wildman–Crippen MR) is 69.8 cm³/mol. The van der Waals surface area contributed by atoms with E-state index in [1.807, 2.05) is 0 Å². The van der Waals surface area contributed by atoms with Crippen LogP contribution in [0, 0.1) is 10.1 Å². The first kappa shape index (κ1) is 14.2. The molecule has 108 valence electrons. The molecule has 2 heterocycles. The first-order chi connectivity index (χ1) is 9.28. The molecule has 1 aromatic heterocycles. The third kappa shape index (κ3) is 3.02. The van der Waals surface area contributed by atoms with E-state index in [4.69, 9.17) is 5.73 Å². The number of hydrogen-bond acceptors (Lipinski definition) is 7. The van der Waals surface area contributed by atoms with Crippen molar-refractivity contribution in [3.05, 3.63) is 27.9 Å². The number of anilines is 1. The molecule has 1 unspecified atom stereocenters. The van der Waals surface area contributed by atoms with Gasteiger partial charge >= 0.3 is 0 Å². The largest absolute Gasteiger partial charge is 0.384 e. The van der Waals surface area contributed by atoms with E-state index in [0.717, 1.165) is 12.3 Å². The Kier molecular flexibility index (Phi) is 3.57. The molecule has 1 fully saturated rings. The van der Waals surface area contributed by atoms with E-state index in [1.165, 1.54) is 0 Å². The summed E-state index contributed by atoms with van der Waals surface area (Å²) in [7, 11) is -3.14. The third-order valence-electron chi connectivity index (χ3n) is 2.91. The number of carbonyl (C=O) groups excluding carboxylic acids is 1. The van der Waals surface area contributed by atoms with Crippen LogP contribution in [0.5, 0.6) is 0 Å². The predicted octanol–water partition coefficient (Wildman–Crippen LogP) is -0.511. The third-order valence-corrected chi connectivity index (χ3v) is 4.68. The van der Waals surface area contributed by atoms with Gasteiger partial charge in [0.05, 0.1) is 16.4 Å². The van der Waals surface area contributed by atoms with Crippen molar-refractivity contribution in [2.24, 2.45) is 0 Å². The van der Waals surface area contributed by atoms with E-state index in [1.54, 1.807) is 0 Å². The van der Waals surface area contributed by atoms with Crippen molar-refractivity contribution in [3.63, 3.8) is 0 Å². The fourth-order valence-electron chi connectivity index (χ4n) is 1.96. The summed E-state index contributed by atoms with van der Waals surface area (Å²) in [5.41, 5.74) is 4.70. The average Bonchev–Trinajstić information content (AvgIpc) is 2.68. The Morgan fingerprint density at radius 2 is 2.25 bits per heavy atom. The van der Waals surface area contributed by atoms with Crippen molar-refractivity contribution in [2.45, 2.75) is 12.5 Å². The smallest absolute Gasteiger partial charge is 0.300 e. The molecule has 1 amide bonds. The van der Waals surface area contributed by atoms with Crippen LogP contribution >= 0.6 is 0 Å². The van der Waals surface area contributed by atoms with E-state index in [-0.39, 0.29) is 22.9 Å². The molecule has 0 radical (unpaired) electrons. The van der Waals surface area contributed by atoms with Crippen molar-refractivity contribution < 1.29 is 18.1 Å². The van der Waals surface area contributed by atoms with Gasteiger partial charge in [0.1, 0.15) is 17.6 Å². The molecule has 1 atom stereocenters. The topological polar surface area (TPSA) is 145 Å². The number of rotatable bonds is 3. The van der Waals surface area contributed by atoms with Crippen molar-refractivity contribution >= 4 is 27.2 Å². The summed E-state index contributed by atoms with van der Waals surface area (Å²) < 4.78 is 22.6. The average molecular weight is 300 g/mol. The minimum absolute atomic E-state index is 0.00146. The maximum absolute atomic E-state index is 12.0. The highest BCUT2D eigenvalue weighted by molar-refractivity contribution is 7.91. The number of amides is 1.